The third kappa shape index (κ3) is 17.5. The molecule has 0 saturated carbocycles. The first-order valence-corrected chi connectivity index (χ1v) is 28.7. The van der Waals surface area contributed by atoms with Crippen LogP contribution >= 0.6 is 0 Å². The highest BCUT2D eigenvalue weighted by molar-refractivity contribution is 5.77. The zero-order valence-electron chi connectivity index (χ0n) is 100. The van der Waals surface area contributed by atoms with E-state index in [1.807, 2.05) is 0 Å². The van der Waals surface area contributed by atoms with Crippen molar-refractivity contribution in [2.75, 3.05) is 81.7 Å². The van der Waals surface area contributed by atoms with E-state index in [1.165, 1.54) is 28.4 Å². The van der Waals surface area contributed by atoms with Crippen LogP contribution in [0.3, 0.4) is 0 Å². The number of hydrogen-bond acceptors (Lipinski definition) is 18. The molecule has 3 aromatic rings. The van der Waals surface area contributed by atoms with Gasteiger partial charge in [-0.25, -0.2) is 0 Å². The molecule has 12 atom stereocenters. The van der Waals surface area contributed by atoms with Crippen LogP contribution in [-0.2, 0) is 47.9 Å². The largest absolute Gasteiger partial charge is 0.493 e. The SMILES string of the molecule is [2H]c1c2c(c([2H])c(OC)c1OC([2H])([2H])[2H])C1N(CC2)C([2H])([2H])C([2H])(CC(C)C)C(OC(=O)[C@@]([2H])(N)C([2H])(C([2H])([2H])[2H])C([2H])([2H])[2H])C1([2H])[2H].[2H]c1c2c(c([2H])c(OC)c1OC)C1N(CC2)C([2H])([2H])C([2H])(CC(C)C)C(OC(=O)[C@@]([2H])(N)C([2H])(C([2H])([2H])[2H])C([2H])([2H])[2H])C1([2H])[2H].[2H]c1c2c(c([2H])c(OC)c1OC)C1N(CC2)C([2H])([2H])C([2H])(CC(C)C)C(OC(=O)[C@@]([2H])(N)C([2H])(C([2H])([2H])[2H])C([2H])([2H])[2H])C1([2H])[2H]. The number of nitrogens with two attached hydrogens (primary N) is 3. The number of benzene rings is 3. The van der Waals surface area contributed by atoms with Crippen molar-refractivity contribution in [2.24, 2.45) is 70.3 Å². The van der Waals surface area contributed by atoms with E-state index in [1.54, 1.807) is 41.5 Å². The van der Waals surface area contributed by atoms with Crippen molar-refractivity contribution in [3.63, 3.8) is 0 Å². The van der Waals surface area contributed by atoms with E-state index >= 15 is 0 Å². The Morgan fingerprint density at radius 3 is 0.967 bits per heavy atom. The number of hydrogen-bond donors (Lipinski definition) is 3. The normalized spacial score (nSPS) is 40.9. The predicted octanol–water partition coefficient (Wildman–Crippen LogP) is 10.7. The van der Waals surface area contributed by atoms with E-state index in [0.717, 1.165) is 21.8 Å². The van der Waals surface area contributed by atoms with E-state index < -0.39 is 267 Å². The third-order valence-corrected chi connectivity index (χ3v) is 14.6. The third-order valence-electron chi connectivity index (χ3n) is 14.6. The van der Waals surface area contributed by atoms with Gasteiger partial charge in [-0.1, -0.05) is 82.7 Å². The van der Waals surface area contributed by atoms with Gasteiger partial charge in [0.2, 0.25) is 0 Å². The summed E-state index contributed by atoms with van der Waals surface area (Å²) in [7, 11) is 2.81. The van der Waals surface area contributed by atoms with E-state index in [4.69, 9.17) is 113 Å². The summed E-state index contributed by atoms with van der Waals surface area (Å²) < 4.78 is 450. The van der Waals surface area contributed by atoms with Crippen molar-refractivity contribution in [1.82, 2.24) is 14.7 Å². The predicted molar refractivity (Wildman–Crippen MR) is 353 cm³/mol. The van der Waals surface area contributed by atoms with Crippen molar-refractivity contribution in [3.8, 4) is 34.5 Å². The van der Waals surface area contributed by atoms with Crippen LogP contribution in [0.15, 0.2) is 36.3 Å². The average molecular weight is 1300 g/mol. The lowest BCUT2D eigenvalue weighted by molar-refractivity contribution is -0.161. The fourth-order valence-corrected chi connectivity index (χ4v) is 10.4. The maximum Gasteiger partial charge on any atom is 0.323 e. The van der Waals surface area contributed by atoms with E-state index in [0.29, 0.717) is 0 Å². The maximum atomic E-state index is 13.7. The molecule has 6 N–H and O–H groups in total. The number of methoxy groups -OCH3 is 6. The fraction of sp³-hybridized carbons (Fsp3) is 0.708. The van der Waals surface area contributed by atoms with Crippen LogP contribution in [0, 0.1) is 53.1 Å². The summed E-state index contributed by atoms with van der Waals surface area (Å²) in [5.74, 6) is -30.3. The Hall–Kier alpha value is -5.37. The molecule has 18 nitrogen and oxygen atoms in total. The van der Waals surface area contributed by atoms with Gasteiger partial charge in [0.25, 0.3) is 0 Å². The number of rotatable bonds is 21. The van der Waals surface area contributed by atoms with Crippen LogP contribution in [0.1, 0.15) is 238 Å². The second-order valence-electron chi connectivity index (χ2n) is 22.5. The molecule has 0 aromatic heterocycles. The van der Waals surface area contributed by atoms with Gasteiger partial charge in [-0.2, -0.15) is 0 Å². The Bertz CT molecular complexity index is 4810. The second-order valence-corrected chi connectivity index (χ2v) is 22.5. The summed E-state index contributed by atoms with van der Waals surface area (Å²) >= 11 is 0. The standard InChI is InChI=1S/3C24H38N2O4/c3*1-14(2)9-17-13-26-8-7-16-10-21(28-5)22(29-6)11-18(16)19(26)12-20(17)30-24(27)23(25)15(3)4/h3*10-11,14-15,17,19-20,23H,7-9,12-13,25H2,1-6H3/t3*17?,19?,20?,23-/m000/s1/i3D3,4D3,5D3,10D,11D,12D2,13D2,15D,17D,23D;2*3D3,4D3,10D,11D,12D2,13D2,15D,17D,23D. The smallest absolute Gasteiger partial charge is 0.323 e. The van der Waals surface area contributed by atoms with Crippen LogP contribution in [0.5, 0.6) is 34.5 Å². The Morgan fingerprint density at radius 1 is 0.478 bits per heavy atom. The van der Waals surface area contributed by atoms with Gasteiger partial charge in [0.05, 0.1) is 59.0 Å². The molecule has 18 heteroatoms. The van der Waals surface area contributed by atoms with Crippen molar-refractivity contribution in [3.05, 3.63) is 69.6 Å². The minimum Gasteiger partial charge on any atom is -0.493 e. The number of esters is 3. The molecule has 6 aliphatic heterocycles. The van der Waals surface area contributed by atoms with Gasteiger partial charge in [0, 0.05) is 143 Å². The van der Waals surface area contributed by atoms with Gasteiger partial charge in [-0.15, -0.1) is 0 Å². The van der Waals surface area contributed by atoms with E-state index in [9.17, 15) is 26.7 Å². The summed E-state index contributed by atoms with van der Waals surface area (Å²) in [4.78, 5) is 43.8. The molecule has 0 bridgehead atoms. The molecule has 0 spiro atoms. The topological polar surface area (TPSA) is 222 Å². The summed E-state index contributed by atoms with van der Waals surface area (Å²) in [6.45, 7) is -23.2. The molecular formula is C72H114N6O12. The molecule has 9 unspecified atom stereocenters. The Labute approximate surface area is 606 Å². The van der Waals surface area contributed by atoms with Crippen molar-refractivity contribution in [2.45, 2.75) is 195 Å². The van der Waals surface area contributed by atoms with Crippen molar-refractivity contribution >= 4 is 17.9 Å². The van der Waals surface area contributed by atoms with Crippen molar-refractivity contribution < 1.29 is 123 Å². The second kappa shape index (κ2) is 32.5. The molecule has 0 radical (unpaired) electrons. The van der Waals surface area contributed by atoms with Gasteiger partial charge >= 0.3 is 17.9 Å². The summed E-state index contributed by atoms with van der Waals surface area (Å²) in [6, 6.07) is -20.0. The van der Waals surface area contributed by atoms with Gasteiger partial charge in [0.1, 0.15) is 36.4 Å². The molecule has 3 aromatic carbocycles. The average Bonchev–Trinajstić information content (AvgIpc) is 0.684. The first-order chi connectivity index (χ1) is 61.5. The lowest BCUT2D eigenvalue weighted by atomic mass is 9.79. The van der Waals surface area contributed by atoms with Gasteiger partial charge < -0.3 is 59.8 Å². The molecule has 6 aliphatic rings. The zero-order chi connectivity index (χ0) is 108. The summed E-state index contributed by atoms with van der Waals surface area (Å²) in [5.41, 5.74) is 16.4. The lowest BCUT2D eigenvalue weighted by Gasteiger charge is -2.47. The Morgan fingerprint density at radius 2 is 0.733 bits per heavy atom. The minimum atomic E-state index is -4.04. The van der Waals surface area contributed by atoms with Crippen molar-refractivity contribution in [1.29, 1.82) is 0 Å². The number of nitrogens with zero attached hydrogens (tertiary/aromatic N) is 3. The van der Waals surface area contributed by atoms with Crippen LogP contribution in [-0.4, -0.2) is 151 Å². The highest BCUT2D eigenvalue weighted by atomic mass is 16.6. The number of carbonyl (C=O) groups excluding carboxylic acids is 3. The number of piperidine rings is 3. The highest BCUT2D eigenvalue weighted by Gasteiger charge is 2.45. The number of fused-ring (bicyclic) bond motifs is 9. The Balaban J connectivity index is 0.000000282. The van der Waals surface area contributed by atoms with Crippen LogP contribution in [0.2, 0.25) is 0 Å². The quantitative estimate of drug-likeness (QED) is 0.0666. The van der Waals surface area contributed by atoms with E-state index in [2.05, 4.69) is 0 Å². The molecule has 0 amide bonds. The van der Waals surface area contributed by atoms with Crippen LogP contribution in [0.4, 0.5) is 0 Å². The van der Waals surface area contributed by atoms with Gasteiger partial charge in [-0.3, -0.25) is 29.1 Å². The molecule has 9 rings (SSSR count). The van der Waals surface area contributed by atoms with Crippen LogP contribution < -0.4 is 45.6 Å². The molecular weight excluding hydrogens is 1140 g/mol. The first kappa shape index (κ1) is 30.8. The molecule has 0 aliphatic carbocycles. The number of carbonyl (C=O) groups is 3. The molecule has 504 valence electrons. The summed E-state index contributed by atoms with van der Waals surface area (Å²) in [6.07, 6.45) is -18.5. The molecule has 3 saturated heterocycles. The van der Waals surface area contributed by atoms with Gasteiger partial charge in [0.15, 0.2) is 34.5 Å². The summed E-state index contributed by atoms with van der Waals surface area (Å²) in [5, 5.41) is 0. The molecule has 90 heavy (non-hydrogen) atoms. The maximum absolute atomic E-state index is 13.7. The highest BCUT2D eigenvalue weighted by Crippen LogP contribution is 2.48. The monoisotopic (exact) mass is 1300 g/mol. The first-order valence-electron chi connectivity index (χ1n) is 52.7. The minimum absolute atomic E-state index is 0.0497. The molecule has 3 fully saturated rings. The lowest BCUT2D eigenvalue weighted by Crippen LogP contribution is -2.51. The Kier molecular flexibility index (Phi) is 11.1. The van der Waals surface area contributed by atoms with Crippen LogP contribution in [0.25, 0.3) is 0 Å². The fourth-order valence-electron chi connectivity index (χ4n) is 10.4. The van der Waals surface area contributed by atoms with E-state index in [-0.39, 0.29) is 107 Å². The molecule has 6 heterocycles. The van der Waals surface area contributed by atoms with Gasteiger partial charge in [-0.05, 0) is 144 Å². The number of ether oxygens (including phenoxy) is 9. The zero-order valence-corrected chi connectivity index (χ0v) is 52.0.